The highest BCUT2D eigenvalue weighted by atomic mass is 79.9. The van der Waals surface area contributed by atoms with Gasteiger partial charge in [-0.2, -0.15) is 0 Å². The predicted octanol–water partition coefficient (Wildman–Crippen LogP) is 4.84. The van der Waals surface area contributed by atoms with Crippen LogP contribution in [0.25, 0.3) is 10.9 Å². The van der Waals surface area contributed by atoms with E-state index in [4.69, 9.17) is 17.3 Å². The highest BCUT2D eigenvalue weighted by molar-refractivity contribution is 9.10. The zero-order chi connectivity index (χ0) is 15.0. The molecule has 3 aromatic rings. The Hall–Kier alpha value is -1.49. The van der Waals surface area contributed by atoms with E-state index in [0.717, 1.165) is 15.4 Å². The van der Waals surface area contributed by atoms with Gasteiger partial charge < -0.3 is 5.73 Å². The Labute approximate surface area is 134 Å². The summed E-state index contributed by atoms with van der Waals surface area (Å²) < 4.78 is 14.2. The molecule has 0 aliphatic rings. The Morgan fingerprint density at radius 3 is 2.71 bits per heavy atom. The van der Waals surface area contributed by atoms with Crippen molar-refractivity contribution < 1.29 is 4.39 Å². The largest absolute Gasteiger partial charge is 0.319 e. The van der Waals surface area contributed by atoms with E-state index < -0.39 is 6.04 Å². The molecular formula is C16H11BrClFN2. The van der Waals surface area contributed by atoms with Crippen LogP contribution in [0.4, 0.5) is 4.39 Å². The number of rotatable bonds is 2. The van der Waals surface area contributed by atoms with Gasteiger partial charge in [-0.15, -0.1) is 0 Å². The molecule has 0 radical (unpaired) electrons. The Morgan fingerprint density at radius 1 is 1.14 bits per heavy atom. The van der Waals surface area contributed by atoms with Crippen LogP contribution in [0, 0.1) is 5.82 Å². The molecule has 1 aromatic heterocycles. The molecule has 106 valence electrons. The van der Waals surface area contributed by atoms with Gasteiger partial charge in [0.25, 0.3) is 0 Å². The number of hydrogen-bond acceptors (Lipinski definition) is 2. The average molecular weight is 366 g/mol. The summed E-state index contributed by atoms with van der Waals surface area (Å²) in [6, 6.07) is 13.2. The standard InChI is InChI=1S/C16H11BrClFN2/c17-12-7-9-3-1-2-4-14(9)21-16(12)15(20)11-8-10(19)5-6-13(11)18/h1-8,15H,20H2. The molecule has 1 atom stereocenters. The van der Waals surface area contributed by atoms with Gasteiger partial charge in [0.1, 0.15) is 5.82 Å². The maximum atomic E-state index is 13.4. The number of benzene rings is 2. The van der Waals surface area contributed by atoms with Crippen molar-refractivity contribution in [2.24, 2.45) is 5.73 Å². The smallest absolute Gasteiger partial charge is 0.123 e. The first-order chi connectivity index (χ1) is 10.1. The number of hydrogen-bond donors (Lipinski definition) is 1. The minimum atomic E-state index is -0.604. The fraction of sp³-hybridized carbons (Fsp3) is 0.0625. The predicted molar refractivity (Wildman–Crippen MR) is 86.9 cm³/mol. The molecular weight excluding hydrogens is 355 g/mol. The van der Waals surface area contributed by atoms with Gasteiger partial charge in [0, 0.05) is 14.9 Å². The Balaban J connectivity index is 2.14. The van der Waals surface area contributed by atoms with Crippen LogP contribution < -0.4 is 5.73 Å². The van der Waals surface area contributed by atoms with Crippen LogP contribution in [0.3, 0.4) is 0 Å². The summed E-state index contributed by atoms with van der Waals surface area (Å²) in [6.45, 7) is 0. The highest BCUT2D eigenvalue weighted by Crippen LogP contribution is 2.32. The van der Waals surface area contributed by atoms with Gasteiger partial charge in [-0.05, 0) is 51.8 Å². The number of halogens is 3. The lowest BCUT2D eigenvalue weighted by atomic mass is 10.0. The molecule has 0 aliphatic heterocycles. The molecule has 0 spiro atoms. The van der Waals surface area contributed by atoms with E-state index >= 15 is 0 Å². The van der Waals surface area contributed by atoms with Crippen molar-refractivity contribution in [3.63, 3.8) is 0 Å². The van der Waals surface area contributed by atoms with Crippen LogP contribution >= 0.6 is 27.5 Å². The quantitative estimate of drug-likeness (QED) is 0.706. The molecule has 1 heterocycles. The van der Waals surface area contributed by atoms with E-state index in [9.17, 15) is 4.39 Å². The SMILES string of the molecule is NC(c1cc(F)ccc1Cl)c1nc2ccccc2cc1Br. The average Bonchev–Trinajstić information content (AvgIpc) is 2.48. The van der Waals surface area contributed by atoms with E-state index in [1.807, 2.05) is 30.3 Å². The minimum absolute atomic E-state index is 0.373. The molecule has 0 saturated carbocycles. The first-order valence-corrected chi connectivity index (χ1v) is 7.49. The third-order valence-electron chi connectivity index (χ3n) is 3.29. The highest BCUT2D eigenvalue weighted by Gasteiger charge is 2.18. The number of pyridine rings is 1. The van der Waals surface area contributed by atoms with Crippen molar-refractivity contribution in [1.29, 1.82) is 0 Å². The van der Waals surface area contributed by atoms with Gasteiger partial charge in [-0.1, -0.05) is 29.8 Å². The van der Waals surface area contributed by atoms with Crippen molar-refractivity contribution in [2.45, 2.75) is 6.04 Å². The van der Waals surface area contributed by atoms with Crippen molar-refractivity contribution in [1.82, 2.24) is 4.98 Å². The van der Waals surface area contributed by atoms with Gasteiger partial charge in [-0.3, -0.25) is 0 Å². The molecule has 2 aromatic carbocycles. The molecule has 1 unspecified atom stereocenters. The van der Waals surface area contributed by atoms with E-state index in [1.165, 1.54) is 18.2 Å². The number of nitrogens with zero attached hydrogens (tertiary/aromatic N) is 1. The van der Waals surface area contributed by atoms with Gasteiger partial charge in [-0.25, -0.2) is 9.37 Å². The van der Waals surface area contributed by atoms with Crippen LogP contribution in [0.2, 0.25) is 5.02 Å². The monoisotopic (exact) mass is 364 g/mol. The van der Waals surface area contributed by atoms with Crippen LogP contribution in [0.5, 0.6) is 0 Å². The second-order valence-electron chi connectivity index (χ2n) is 4.69. The molecule has 2 nitrogen and oxygen atoms in total. The number of para-hydroxylation sites is 1. The third-order valence-corrected chi connectivity index (χ3v) is 4.27. The van der Waals surface area contributed by atoms with Crippen LogP contribution in [0.1, 0.15) is 17.3 Å². The Kier molecular flexibility index (Phi) is 3.93. The Morgan fingerprint density at radius 2 is 1.90 bits per heavy atom. The maximum Gasteiger partial charge on any atom is 0.123 e. The topological polar surface area (TPSA) is 38.9 Å². The summed E-state index contributed by atoms with van der Waals surface area (Å²) in [5, 5.41) is 1.43. The second-order valence-corrected chi connectivity index (χ2v) is 5.95. The summed E-state index contributed by atoms with van der Waals surface area (Å²) in [7, 11) is 0. The maximum absolute atomic E-state index is 13.4. The molecule has 0 fully saturated rings. The lowest BCUT2D eigenvalue weighted by Gasteiger charge is -2.16. The van der Waals surface area contributed by atoms with Crippen molar-refractivity contribution in [3.8, 4) is 0 Å². The van der Waals surface area contributed by atoms with E-state index in [0.29, 0.717) is 16.3 Å². The fourth-order valence-electron chi connectivity index (χ4n) is 2.22. The molecule has 3 rings (SSSR count). The molecule has 0 amide bonds. The summed E-state index contributed by atoms with van der Waals surface area (Å²) in [4.78, 5) is 4.57. The Bertz CT molecular complexity index is 822. The molecule has 0 aliphatic carbocycles. The van der Waals surface area contributed by atoms with Crippen LogP contribution in [-0.2, 0) is 0 Å². The summed E-state index contributed by atoms with van der Waals surface area (Å²) in [5.74, 6) is -0.373. The molecule has 0 bridgehead atoms. The molecule has 5 heteroatoms. The van der Waals surface area contributed by atoms with Crippen molar-refractivity contribution >= 4 is 38.4 Å². The van der Waals surface area contributed by atoms with Crippen LogP contribution in [0.15, 0.2) is 53.0 Å². The van der Waals surface area contributed by atoms with E-state index in [2.05, 4.69) is 20.9 Å². The third kappa shape index (κ3) is 2.79. The molecule has 21 heavy (non-hydrogen) atoms. The molecule has 0 saturated heterocycles. The van der Waals surface area contributed by atoms with E-state index in [-0.39, 0.29) is 5.82 Å². The van der Waals surface area contributed by atoms with E-state index in [1.54, 1.807) is 0 Å². The van der Waals surface area contributed by atoms with Crippen molar-refractivity contribution in [3.05, 3.63) is 75.1 Å². The van der Waals surface area contributed by atoms with Crippen molar-refractivity contribution in [2.75, 3.05) is 0 Å². The first kappa shape index (κ1) is 14.4. The van der Waals surface area contributed by atoms with Gasteiger partial charge in [0.2, 0.25) is 0 Å². The second kappa shape index (κ2) is 5.72. The van der Waals surface area contributed by atoms with Gasteiger partial charge in [0.15, 0.2) is 0 Å². The van der Waals surface area contributed by atoms with Gasteiger partial charge >= 0.3 is 0 Å². The summed E-state index contributed by atoms with van der Waals surface area (Å²) >= 11 is 9.60. The molecule has 2 N–H and O–H groups in total. The van der Waals surface area contributed by atoms with Gasteiger partial charge in [0.05, 0.1) is 17.3 Å². The number of nitrogens with two attached hydrogens (primary N) is 1. The normalized spacial score (nSPS) is 12.6. The summed E-state index contributed by atoms with van der Waals surface area (Å²) in [5.41, 5.74) is 8.21. The fourth-order valence-corrected chi connectivity index (χ4v) is 3.04. The first-order valence-electron chi connectivity index (χ1n) is 6.32. The lowest BCUT2D eigenvalue weighted by molar-refractivity contribution is 0.623. The zero-order valence-electron chi connectivity index (χ0n) is 10.9. The summed E-state index contributed by atoms with van der Waals surface area (Å²) in [6.07, 6.45) is 0. The zero-order valence-corrected chi connectivity index (χ0v) is 13.2. The lowest BCUT2D eigenvalue weighted by Crippen LogP contribution is -2.15. The van der Waals surface area contributed by atoms with Crippen LogP contribution in [-0.4, -0.2) is 4.98 Å². The minimum Gasteiger partial charge on any atom is -0.319 e. The number of aromatic nitrogens is 1. The number of fused-ring (bicyclic) bond motifs is 1.